The molecule has 8 rings (SSSR count). The summed E-state index contributed by atoms with van der Waals surface area (Å²) in [7, 11) is 0. The number of carbonyl (C=O) groups is 2. The molecule has 3 aliphatic rings. The average Bonchev–Trinajstić information content (AvgIpc) is 3.82. The second-order valence-electron chi connectivity index (χ2n) is 15.8. The van der Waals surface area contributed by atoms with Crippen LogP contribution in [-0.4, -0.2) is 84.9 Å². The molecule has 4 N–H and O–H groups in total. The second kappa shape index (κ2) is 19.0. The number of anilines is 2. The zero-order chi connectivity index (χ0) is 43.0. The molecule has 0 bridgehead atoms. The predicted octanol–water partition coefficient (Wildman–Crippen LogP) is 6.84. The fraction of sp³-hybridized carbons (Fsp3) is 0.340. The van der Waals surface area contributed by atoms with Gasteiger partial charge in [-0.3, -0.25) is 14.5 Å². The van der Waals surface area contributed by atoms with Crippen LogP contribution in [0.5, 0.6) is 11.5 Å². The van der Waals surface area contributed by atoms with E-state index in [1.165, 1.54) is 6.33 Å². The second-order valence-corrected chi connectivity index (χ2v) is 15.8. The van der Waals surface area contributed by atoms with Gasteiger partial charge in [0, 0.05) is 37.3 Å². The van der Waals surface area contributed by atoms with Crippen molar-refractivity contribution in [1.82, 2.24) is 34.9 Å². The quantitative estimate of drug-likeness (QED) is 0.0532. The fourth-order valence-electron chi connectivity index (χ4n) is 8.67. The molecule has 2 aromatic heterocycles. The molecule has 2 fully saturated rings. The maximum absolute atomic E-state index is 13.6. The van der Waals surface area contributed by atoms with Crippen LogP contribution >= 0.6 is 0 Å². The molecule has 316 valence electrons. The van der Waals surface area contributed by atoms with Crippen LogP contribution in [0.2, 0.25) is 0 Å². The number of nitrogens with one attached hydrogen (secondary N) is 2. The molecule has 15 heteroatoms. The summed E-state index contributed by atoms with van der Waals surface area (Å²) >= 11 is 0. The Morgan fingerprint density at radius 1 is 0.855 bits per heavy atom. The lowest BCUT2D eigenvalue weighted by molar-refractivity contribution is 0.0593. The normalized spacial score (nSPS) is 17.3. The molecule has 2 unspecified atom stereocenters. The molecule has 2 amide bonds. The lowest BCUT2D eigenvalue weighted by Gasteiger charge is -2.34. The molecule has 3 aromatic carbocycles. The van der Waals surface area contributed by atoms with Crippen molar-refractivity contribution < 1.29 is 28.7 Å². The minimum atomic E-state index is -0.829. The molecule has 2 atom stereocenters. The Hall–Kier alpha value is -7.30. The first-order valence-electron chi connectivity index (χ1n) is 21.2. The summed E-state index contributed by atoms with van der Waals surface area (Å²) in [4.78, 5) is 74.0. The van der Waals surface area contributed by atoms with Crippen molar-refractivity contribution in [1.29, 1.82) is 0 Å². The van der Waals surface area contributed by atoms with Gasteiger partial charge in [-0.15, -0.1) is 0 Å². The van der Waals surface area contributed by atoms with Crippen LogP contribution in [-0.2, 0) is 14.4 Å². The molecular formula is C47H47N9O6. The lowest BCUT2D eigenvalue weighted by Crippen LogP contribution is -2.46. The Balaban J connectivity index is 0.801. The van der Waals surface area contributed by atoms with E-state index in [0.717, 1.165) is 74.1 Å². The first-order chi connectivity index (χ1) is 30.4. The molecule has 5 heterocycles. The van der Waals surface area contributed by atoms with Gasteiger partial charge in [-0.05, 0) is 87.1 Å². The third kappa shape index (κ3) is 8.64. The maximum atomic E-state index is 13.6. The summed E-state index contributed by atoms with van der Waals surface area (Å²) < 4.78 is 7.94. The number of imide groups is 1. The third-order valence-electron chi connectivity index (χ3n) is 11.8. The van der Waals surface area contributed by atoms with Crippen LogP contribution in [0.25, 0.3) is 22.3 Å². The predicted molar refractivity (Wildman–Crippen MR) is 233 cm³/mol. The lowest BCUT2D eigenvalue weighted by atomic mass is 10.0. The van der Waals surface area contributed by atoms with Crippen molar-refractivity contribution in [2.24, 2.45) is 0 Å². The van der Waals surface area contributed by atoms with Gasteiger partial charge in [0.1, 0.15) is 58.6 Å². The number of nitrogens with zero attached hydrogens (tertiary/aromatic N) is 6. The molecule has 0 radical (unpaired) electrons. The van der Waals surface area contributed by atoms with Gasteiger partial charge in [-0.25, -0.2) is 29.0 Å². The van der Waals surface area contributed by atoms with Gasteiger partial charge in [-0.2, -0.15) is 5.10 Å². The number of fused-ring (bicyclic) bond motifs is 2. The Morgan fingerprint density at radius 3 is 2.40 bits per heavy atom. The number of unbranched alkanes of at least 4 members (excludes halogenated alkanes) is 5. The summed E-state index contributed by atoms with van der Waals surface area (Å²) in [5.41, 5.74) is 10.6. The van der Waals surface area contributed by atoms with E-state index in [0.29, 0.717) is 59.2 Å². The number of para-hydroxylation sites is 1. The number of allylic oxidation sites excluding steroid dienone is 2. The molecule has 2 saturated heterocycles. The smallest absolute Gasteiger partial charge is 0.264 e. The Bertz CT molecular complexity index is 2630. The molecule has 3 aliphatic heterocycles. The highest BCUT2D eigenvalue weighted by Crippen LogP contribution is 2.37. The summed E-state index contributed by atoms with van der Waals surface area (Å²) in [5, 5.41) is 11.8. The number of likely N-dealkylation sites (tertiary alicyclic amines) is 1. The number of carbonyl (C=O) groups excluding carboxylic acids is 5. The third-order valence-corrected chi connectivity index (χ3v) is 11.8. The minimum absolute atomic E-state index is 0.0258. The molecule has 5 aromatic rings. The maximum Gasteiger partial charge on any atom is 0.264 e. The van der Waals surface area contributed by atoms with Gasteiger partial charge in [0.15, 0.2) is 5.65 Å². The highest BCUT2D eigenvalue weighted by molar-refractivity contribution is 6.24. The number of rotatable bonds is 16. The first-order valence-corrected chi connectivity index (χ1v) is 21.2. The zero-order valence-corrected chi connectivity index (χ0v) is 34.3. The van der Waals surface area contributed by atoms with E-state index in [-0.39, 0.29) is 41.4 Å². The molecule has 0 aliphatic carbocycles. The van der Waals surface area contributed by atoms with Crippen molar-refractivity contribution in [3.05, 3.63) is 107 Å². The van der Waals surface area contributed by atoms with E-state index < -0.39 is 17.9 Å². The molecule has 15 nitrogen and oxygen atoms in total. The van der Waals surface area contributed by atoms with E-state index in [1.807, 2.05) is 59.3 Å². The van der Waals surface area contributed by atoms with Crippen LogP contribution < -0.4 is 21.1 Å². The first kappa shape index (κ1) is 41.4. The molecule has 0 spiro atoms. The summed E-state index contributed by atoms with van der Waals surface area (Å²) in [5.74, 6) is 6.60. The SMILES string of the molecule is Nc1ncnc2c1c(-c1ccc(Oc3ccccc3)cc1)nn2C1CCCN(C(=C=O)CCCCCCCCNc2cccc3c2C(=O)N(C2CCC(=C=O)NC2=C=O)C3=O)C1. The minimum Gasteiger partial charge on any atom is -0.457 e. The topological polar surface area (TPSA) is 195 Å². The Labute approximate surface area is 358 Å². The molecular weight excluding hydrogens is 787 g/mol. The van der Waals surface area contributed by atoms with Gasteiger partial charge >= 0.3 is 0 Å². The molecule has 62 heavy (non-hydrogen) atoms. The number of hydrogen-bond donors (Lipinski definition) is 3. The number of amides is 2. The molecule has 0 saturated carbocycles. The number of benzene rings is 3. The average molecular weight is 834 g/mol. The van der Waals surface area contributed by atoms with Gasteiger partial charge in [0.2, 0.25) is 0 Å². The largest absolute Gasteiger partial charge is 0.457 e. The van der Waals surface area contributed by atoms with E-state index >= 15 is 0 Å². The Morgan fingerprint density at radius 2 is 1.63 bits per heavy atom. The summed E-state index contributed by atoms with van der Waals surface area (Å²) in [6.45, 7) is 2.00. The monoisotopic (exact) mass is 833 g/mol. The van der Waals surface area contributed by atoms with Gasteiger partial charge < -0.3 is 26.0 Å². The van der Waals surface area contributed by atoms with E-state index in [9.17, 15) is 24.0 Å². The highest BCUT2D eigenvalue weighted by atomic mass is 16.5. The van der Waals surface area contributed by atoms with Crippen molar-refractivity contribution >= 4 is 52.2 Å². The van der Waals surface area contributed by atoms with Gasteiger partial charge in [-0.1, -0.05) is 49.9 Å². The van der Waals surface area contributed by atoms with E-state index in [1.54, 1.807) is 30.1 Å². The fourth-order valence-corrected chi connectivity index (χ4v) is 8.67. The standard InChI is InChI=1S/C47H47N9O6/c48-44-42-43(31-18-21-36(22-19-31)62-35-14-7-5-8-15-35)53-56(45(42)51-30-50-44)33-13-11-25-54(26-33)34(28-58)12-6-3-1-2-4-9-24-49-38-17-10-16-37-41(38)47(61)55(46(37)60)40-23-20-32(27-57)52-39(40)29-59/h5,7-8,10,14-19,21-22,30,33,40,49,52H,1-4,6,9,11-13,20,23-26H2,(H2,48,50,51). The van der Waals surface area contributed by atoms with Gasteiger partial charge in [0.25, 0.3) is 11.8 Å². The van der Waals surface area contributed by atoms with Crippen LogP contribution in [0.1, 0.15) is 97.4 Å². The van der Waals surface area contributed by atoms with Crippen molar-refractivity contribution in [2.45, 2.75) is 82.7 Å². The van der Waals surface area contributed by atoms with Crippen LogP contribution in [0, 0.1) is 0 Å². The number of nitrogens with two attached hydrogens (primary N) is 1. The number of hydrogen-bond acceptors (Lipinski definition) is 13. The van der Waals surface area contributed by atoms with Gasteiger partial charge in [0.05, 0.1) is 34.3 Å². The zero-order valence-electron chi connectivity index (χ0n) is 34.3. The van der Waals surface area contributed by atoms with Crippen molar-refractivity contribution in [3.63, 3.8) is 0 Å². The van der Waals surface area contributed by atoms with Crippen molar-refractivity contribution in [2.75, 3.05) is 30.7 Å². The Kier molecular flexibility index (Phi) is 12.7. The summed E-state index contributed by atoms with van der Waals surface area (Å²) in [6, 6.07) is 21.6. The van der Waals surface area contributed by atoms with E-state index in [4.69, 9.17) is 15.6 Å². The van der Waals surface area contributed by atoms with Crippen LogP contribution in [0.3, 0.4) is 0 Å². The summed E-state index contributed by atoms with van der Waals surface area (Å²) in [6.07, 6.45) is 10.1. The number of nitrogen functional groups attached to an aromatic ring is 1. The van der Waals surface area contributed by atoms with Crippen LogP contribution in [0.4, 0.5) is 11.5 Å². The van der Waals surface area contributed by atoms with Crippen LogP contribution in [0.15, 0.2) is 96.2 Å². The van der Waals surface area contributed by atoms with E-state index in [2.05, 4.69) is 31.4 Å². The number of ether oxygens (including phenoxy) is 1. The highest BCUT2D eigenvalue weighted by Gasteiger charge is 2.44. The number of piperidine rings is 2. The number of aromatic nitrogens is 4. The van der Waals surface area contributed by atoms with Crippen molar-refractivity contribution in [3.8, 4) is 22.8 Å².